The number of rotatable bonds is 5. The molecule has 0 aliphatic heterocycles. The van der Waals surface area contributed by atoms with E-state index in [0.717, 1.165) is 17.8 Å². The zero-order valence-corrected chi connectivity index (χ0v) is 9.85. The third-order valence-corrected chi connectivity index (χ3v) is 2.62. The summed E-state index contributed by atoms with van der Waals surface area (Å²) in [5.74, 6) is 0.212. The van der Waals surface area contributed by atoms with E-state index in [4.69, 9.17) is 10.8 Å². The minimum Gasteiger partial charge on any atom is -0.508 e. The number of nitrogens with zero attached hydrogens (tertiary/aromatic N) is 1. The molecule has 4 heteroatoms. The fourth-order valence-electron chi connectivity index (χ4n) is 1.70. The van der Waals surface area contributed by atoms with E-state index in [9.17, 15) is 5.11 Å². The maximum absolute atomic E-state index is 9.81. The second kappa shape index (κ2) is 5.72. The van der Waals surface area contributed by atoms with Crippen molar-refractivity contribution in [2.75, 3.05) is 24.6 Å². The first-order valence-corrected chi connectivity index (χ1v) is 5.54. The average molecular weight is 224 g/mol. The molecule has 4 N–H and O–H groups in total. The van der Waals surface area contributed by atoms with Crippen molar-refractivity contribution in [2.45, 2.75) is 19.9 Å². The molecule has 0 aliphatic carbocycles. The molecule has 0 bridgehead atoms. The Morgan fingerprint density at radius 1 is 1.44 bits per heavy atom. The third kappa shape index (κ3) is 2.87. The first kappa shape index (κ1) is 12.8. The van der Waals surface area contributed by atoms with Crippen LogP contribution in [0.15, 0.2) is 18.2 Å². The summed E-state index contributed by atoms with van der Waals surface area (Å²) >= 11 is 0. The second-order valence-electron chi connectivity index (χ2n) is 3.84. The molecule has 90 valence electrons. The molecule has 4 nitrogen and oxygen atoms in total. The van der Waals surface area contributed by atoms with Crippen LogP contribution in [0.1, 0.15) is 25.5 Å². The van der Waals surface area contributed by atoms with E-state index in [-0.39, 0.29) is 18.4 Å². The molecule has 0 aromatic heterocycles. The lowest BCUT2D eigenvalue weighted by Crippen LogP contribution is -2.26. The van der Waals surface area contributed by atoms with Gasteiger partial charge in [0.25, 0.3) is 0 Å². The number of benzene rings is 1. The second-order valence-corrected chi connectivity index (χ2v) is 3.84. The number of nitrogens with two attached hydrogens (primary N) is 1. The summed E-state index contributed by atoms with van der Waals surface area (Å²) in [6, 6.07) is 5.26. The summed E-state index contributed by atoms with van der Waals surface area (Å²) in [7, 11) is 0. The van der Waals surface area contributed by atoms with Gasteiger partial charge in [-0.1, -0.05) is 6.07 Å². The predicted octanol–water partition coefficient (Wildman–Crippen LogP) is 1.23. The Kier molecular flexibility index (Phi) is 4.58. The zero-order chi connectivity index (χ0) is 12.1. The molecule has 0 spiro atoms. The largest absolute Gasteiger partial charge is 0.508 e. The number of aliphatic hydroxyl groups is 1. The molecule has 0 aliphatic rings. The highest BCUT2D eigenvalue weighted by atomic mass is 16.3. The van der Waals surface area contributed by atoms with Gasteiger partial charge in [-0.3, -0.25) is 0 Å². The summed E-state index contributed by atoms with van der Waals surface area (Å²) < 4.78 is 0. The van der Waals surface area contributed by atoms with Gasteiger partial charge in [0.05, 0.1) is 6.61 Å². The highest BCUT2D eigenvalue weighted by Gasteiger charge is 2.09. The molecular weight excluding hydrogens is 204 g/mol. The van der Waals surface area contributed by atoms with Gasteiger partial charge in [-0.25, -0.2) is 0 Å². The van der Waals surface area contributed by atoms with Gasteiger partial charge in [0.15, 0.2) is 0 Å². The molecule has 1 aromatic carbocycles. The smallest absolute Gasteiger partial charge is 0.122 e. The van der Waals surface area contributed by atoms with Crippen LogP contribution in [0.4, 0.5) is 5.69 Å². The number of phenols is 1. The highest BCUT2D eigenvalue weighted by Crippen LogP contribution is 2.27. The molecule has 0 radical (unpaired) electrons. The van der Waals surface area contributed by atoms with Gasteiger partial charge < -0.3 is 20.8 Å². The Balaban J connectivity index is 2.95. The van der Waals surface area contributed by atoms with Crippen molar-refractivity contribution < 1.29 is 10.2 Å². The molecule has 0 saturated heterocycles. The van der Waals surface area contributed by atoms with Crippen LogP contribution >= 0.6 is 0 Å². The van der Waals surface area contributed by atoms with E-state index in [1.807, 2.05) is 30.9 Å². The lowest BCUT2D eigenvalue weighted by atomic mass is 10.1. The van der Waals surface area contributed by atoms with Crippen LogP contribution in [0.3, 0.4) is 0 Å². The van der Waals surface area contributed by atoms with Crippen LogP contribution in [-0.2, 0) is 0 Å². The van der Waals surface area contributed by atoms with E-state index >= 15 is 0 Å². The number of anilines is 1. The molecule has 0 amide bonds. The minimum atomic E-state index is -0.179. The van der Waals surface area contributed by atoms with Gasteiger partial charge in [-0.05, 0) is 19.9 Å². The number of aromatic hydroxyl groups is 1. The lowest BCUT2D eigenvalue weighted by molar-refractivity contribution is 0.302. The van der Waals surface area contributed by atoms with Gasteiger partial charge in [0.1, 0.15) is 5.75 Å². The molecule has 1 aromatic rings. The van der Waals surface area contributed by atoms with Crippen LogP contribution in [0.2, 0.25) is 0 Å². The average Bonchev–Trinajstić information content (AvgIpc) is 2.25. The Bertz CT molecular complexity index is 340. The highest BCUT2D eigenvalue weighted by molar-refractivity contribution is 5.53. The quantitative estimate of drug-likeness (QED) is 0.703. The molecule has 0 saturated carbocycles. The van der Waals surface area contributed by atoms with Crippen molar-refractivity contribution in [3.05, 3.63) is 23.8 Å². The standard InChI is InChI=1S/C12H20N2O2/c1-3-14(6-7-15)10-4-5-11(9(2)13)12(16)8-10/h4-5,8-9,15-16H,3,6-7,13H2,1-2H3. The Hall–Kier alpha value is -1.26. The summed E-state index contributed by atoms with van der Waals surface area (Å²) in [5.41, 5.74) is 7.36. The molecule has 0 heterocycles. The first-order chi connectivity index (χ1) is 7.60. The van der Waals surface area contributed by atoms with E-state index < -0.39 is 0 Å². The van der Waals surface area contributed by atoms with Crippen molar-refractivity contribution in [3.8, 4) is 5.75 Å². The van der Waals surface area contributed by atoms with Crippen molar-refractivity contribution in [3.63, 3.8) is 0 Å². The van der Waals surface area contributed by atoms with Crippen molar-refractivity contribution in [1.82, 2.24) is 0 Å². The summed E-state index contributed by atoms with van der Waals surface area (Å²) in [4.78, 5) is 1.99. The van der Waals surface area contributed by atoms with E-state index in [2.05, 4.69) is 0 Å². The maximum atomic E-state index is 9.81. The SMILES string of the molecule is CCN(CCO)c1ccc(C(C)N)c(O)c1. The predicted molar refractivity (Wildman–Crippen MR) is 65.7 cm³/mol. The third-order valence-electron chi connectivity index (χ3n) is 2.62. The van der Waals surface area contributed by atoms with Crippen LogP contribution in [0.5, 0.6) is 5.75 Å². The molecule has 1 unspecified atom stereocenters. The lowest BCUT2D eigenvalue weighted by Gasteiger charge is -2.23. The summed E-state index contributed by atoms with van der Waals surface area (Å²) in [6.45, 7) is 5.29. The molecule has 16 heavy (non-hydrogen) atoms. The maximum Gasteiger partial charge on any atom is 0.122 e. The number of hydrogen-bond acceptors (Lipinski definition) is 4. The van der Waals surface area contributed by atoms with Gasteiger partial charge >= 0.3 is 0 Å². The Morgan fingerprint density at radius 2 is 2.12 bits per heavy atom. The Morgan fingerprint density at radius 3 is 2.56 bits per heavy atom. The molecule has 1 atom stereocenters. The topological polar surface area (TPSA) is 69.7 Å². The number of aliphatic hydroxyl groups excluding tert-OH is 1. The molecule has 1 rings (SSSR count). The van der Waals surface area contributed by atoms with Crippen LogP contribution in [0, 0.1) is 0 Å². The number of likely N-dealkylation sites (N-methyl/N-ethyl adjacent to an activating group) is 1. The fourth-order valence-corrected chi connectivity index (χ4v) is 1.70. The normalized spacial score (nSPS) is 12.5. The van der Waals surface area contributed by atoms with E-state index in [1.165, 1.54) is 0 Å². The van der Waals surface area contributed by atoms with E-state index in [1.54, 1.807) is 6.07 Å². The van der Waals surface area contributed by atoms with Crippen molar-refractivity contribution >= 4 is 5.69 Å². The Labute approximate surface area is 96.3 Å². The first-order valence-electron chi connectivity index (χ1n) is 5.54. The minimum absolute atomic E-state index is 0.101. The number of hydrogen-bond donors (Lipinski definition) is 3. The van der Waals surface area contributed by atoms with Crippen LogP contribution in [0.25, 0.3) is 0 Å². The van der Waals surface area contributed by atoms with Gasteiger partial charge in [-0.2, -0.15) is 0 Å². The fraction of sp³-hybridized carbons (Fsp3) is 0.500. The monoisotopic (exact) mass is 224 g/mol. The van der Waals surface area contributed by atoms with Crippen LogP contribution in [-0.4, -0.2) is 29.9 Å². The van der Waals surface area contributed by atoms with Crippen molar-refractivity contribution in [2.24, 2.45) is 5.73 Å². The van der Waals surface area contributed by atoms with Gasteiger partial charge in [-0.15, -0.1) is 0 Å². The van der Waals surface area contributed by atoms with Crippen molar-refractivity contribution in [1.29, 1.82) is 0 Å². The number of phenolic OH excluding ortho intramolecular Hbond substituents is 1. The van der Waals surface area contributed by atoms with Gasteiger partial charge in [0.2, 0.25) is 0 Å². The summed E-state index contributed by atoms with van der Waals surface area (Å²) in [6.07, 6.45) is 0. The molecule has 0 fully saturated rings. The van der Waals surface area contributed by atoms with E-state index in [0.29, 0.717) is 6.54 Å². The zero-order valence-electron chi connectivity index (χ0n) is 9.85. The van der Waals surface area contributed by atoms with Crippen LogP contribution < -0.4 is 10.6 Å². The molecular formula is C12H20N2O2. The van der Waals surface area contributed by atoms with Gasteiger partial charge in [0, 0.05) is 36.4 Å². The summed E-state index contributed by atoms with van der Waals surface area (Å²) in [5, 5.41) is 18.7.